The molecule has 0 heterocycles. The van der Waals surface area contributed by atoms with E-state index in [0.717, 1.165) is 5.92 Å². The molecule has 0 radical (unpaired) electrons. The average Bonchev–Trinajstić information content (AvgIpc) is 2.15. The first kappa shape index (κ1) is 15.0. The van der Waals surface area contributed by atoms with Gasteiger partial charge >= 0.3 is 0 Å². The van der Waals surface area contributed by atoms with Gasteiger partial charge in [0, 0.05) is 6.54 Å². The van der Waals surface area contributed by atoms with Crippen LogP contribution < -0.4 is 0 Å². The van der Waals surface area contributed by atoms with Gasteiger partial charge in [0.1, 0.15) is 0 Å². The van der Waals surface area contributed by atoms with Crippen LogP contribution in [-0.4, -0.2) is 25.5 Å². The fourth-order valence-corrected chi connectivity index (χ4v) is 3.07. The summed E-state index contributed by atoms with van der Waals surface area (Å²) in [4.78, 5) is 2.36. The van der Waals surface area contributed by atoms with Gasteiger partial charge in [-0.25, -0.2) is 0 Å². The number of hydrogen-bond donors (Lipinski definition) is 0. The maximum absolute atomic E-state index is 2.36. The lowest BCUT2D eigenvalue weighted by Gasteiger charge is -2.49. The van der Waals surface area contributed by atoms with E-state index in [-0.39, 0.29) is 0 Å². The van der Waals surface area contributed by atoms with Gasteiger partial charge in [-0.15, -0.1) is 0 Å². The fraction of sp³-hybridized carbons (Fsp3) is 1.00. The summed E-state index contributed by atoms with van der Waals surface area (Å²) in [6.07, 6.45) is 7.13. The molecule has 1 fully saturated rings. The van der Waals surface area contributed by atoms with Gasteiger partial charge in [0.2, 0.25) is 0 Å². The van der Waals surface area contributed by atoms with Crippen molar-refractivity contribution in [3.63, 3.8) is 0 Å². The van der Waals surface area contributed by atoms with E-state index in [2.05, 4.69) is 32.8 Å². The van der Waals surface area contributed by atoms with E-state index in [1.54, 1.807) is 0 Å². The Labute approximate surface area is 97.2 Å². The van der Waals surface area contributed by atoms with Gasteiger partial charge in [-0.05, 0) is 44.7 Å². The Morgan fingerprint density at radius 1 is 1.13 bits per heavy atom. The van der Waals surface area contributed by atoms with Crippen LogP contribution in [0.15, 0.2) is 0 Å². The second-order valence-electron chi connectivity index (χ2n) is 5.17. The molecule has 0 aromatic heterocycles. The summed E-state index contributed by atoms with van der Waals surface area (Å²) in [5.41, 5.74) is 0.693. The molecule has 0 atom stereocenters. The Hall–Kier alpha value is -0.0400. The first-order valence-electron chi connectivity index (χ1n) is 6.76. The molecule has 0 saturated heterocycles. The molecule has 15 heavy (non-hydrogen) atoms. The molecule has 0 N–H and O–H groups in total. The van der Waals surface area contributed by atoms with Crippen molar-refractivity contribution in [2.24, 2.45) is 11.3 Å². The standard InChI is InChI=1S/C12H25N.C2H6/c1-5-7-12(10-13(3)4)8-11(6-2)9-12;1-2/h11H,5-10H2,1-4H3;1-2H3. The van der Waals surface area contributed by atoms with Crippen molar-refractivity contribution < 1.29 is 0 Å². The predicted octanol–water partition coefficient (Wildman–Crippen LogP) is 4.18. The summed E-state index contributed by atoms with van der Waals surface area (Å²) in [6.45, 7) is 9.95. The molecule has 1 nitrogen and oxygen atoms in total. The average molecular weight is 213 g/mol. The molecule has 0 amide bonds. The quantitative estimate of drug-likeness (QED) is 0.662. The zero-order valence-electron chi connectivity index (χ0n) is 11.8. The van der Waals surface area contributed by atoms with Crippen LogP contribution in [0, 0.1) is 11.3 Å². The molecule has 0 aromatic rings. The number of hydrogen-bond acceptors (Lipinski definition) is 1. The SMILES string of the molecule is CC.CCCC1(CN(C)C)CC(CC)C1. The maximum Gasteiger partial charge on any atom is 0.00321 e. The summed E-state index contributed by atoms with van der Waals surface area (Å²) >= 11 is 0. The van der Waals surface area contributed by atoms with Crippen LogP contribution in [0.3, 0.4) is 0 Å². The lowest BCUT2D eigenvalue weighted by atomic mass is 9.59. The molecule has 0 aromatic carbocycles. The zero-order chi connectivity index (χ0) is 11.9. The van der Waals surface area contributed by atoms with Crippen LogP contribution in [0.2, 0.25) is 0 Å². The van der Waals surface area contributed by atoms with Crippen molar-refractivity contribution >= 4 is 0 Å². The predicted molar refractivity (Wildman–Crippen MR) is 70.3 cm³/mol. The summed E-state index contributed by atoms with van der Waals surface area (Å²) in [5.74, 6) is 1.03. The van der Waals surface area contributed by atoms with Crippen LogP contribution >= 0.6 is 0 Å². The Kier molecular flexibility index (Phi) is 7.25. The highest BCUT2D eigenvalue weighted by Gasteiger charge is 2.42. The van der Waals surface area contributed by atoms with Crippen molar-refractivity contribution in [1.82, 2.24) is 4.90 Å². The summed E-state index contributed by atoms with van der Waals surface area (Å²) < 4.78 is 0. The van der Waals surface area contributed by atoms with Gasteiger partial charge in [0.25, 0.3) is 0 Å². The smallest absolute Gasteiger partial charge is 0.00321 e. The Morgan fingerprint density at radius 2 is 1.67 bits per heavy atom. The molecule has 1 heteroatoms. The fourth-order valence-electron chi connectivity index (χ4n) is 3.07. The van der Waals surface area contributed by atoms with E-state index in [9.17, 15) is 0 Å². The minimum atomic E-state index is 0.693. The molecular weight excluding hydrogens is 182 g/mol. The highest BCUT2D eigenvalue weighted by molar-refractivity contribution is 4.94. The van der Waals surface area contributed by atoms with Crippen LogP contribution in [0.25, 0.3) is 0 Å². The molecular formula is C14H31N. The van der Waals surface area contributed by atoms with Gasteiger partial charge in [-0.2, -0.15) is 0 Å². The van der Waals surface area contributed by atoms with Gasteiger partial charge in [-0.1, -0.05) is 40.5 Å². The minimum absolute atomic E-state index is 0.693. The van der Waals surface area contributed by atoms with E-state index in [1.165, 1.54) is 38.6 Å². The molecule has 0 aliphatic heterocycles. The van der Waals surface area contributed by atoms with E-state index in [0.29, 0.717) is 5.41 Å². The van der Waals surface area contributed by atoms with Crippen LogP contribution in [0.4, 0.5) is 0 Å². The van der Waals surface area contributed by atoms with E-state index in [1.807, 2.05) is 13.8 Å². The normalized spacial score (nSPS) is 29.4. The Balaban J connectivity index is 0.000000921. The lowest BCUT2D eigenvalue weighted by Crippen LogP contribution is -2.44. The number of nitrogens with zero attached hydrogens (tertiary/aromatic N) is 1. The van der Waals surface area contributed by atoms with E-state index in [4.69, 9.17) is 0 Å². The van der Waals surface area contributed by atoms with Crippen LogP contribution in [-0.2, 0) is 0 Å². The topological polar surface area (TPSA) is 3.24 Å². The summed E-state index contributed by atoms with van der Waals surface area (Å²) in [7, 11) is 4.41. The maximum atomic E-state index is 2.36. The highest BCUT2D eigenvalue weighted by atomic mass is 15.1. The first-order valence-corrected chi connectivity index (χ1v) is 6.76. The second kappa shape index (κ2) is 7.27. The van der Waals surface area contributed by atoms with Gasteiger partial charge in [0.05, 0.1) is 0 Å². The second-order valence-corrected chi connectivity index (χ2v) is 5.17. The van der Waals surface area contributed by atoms with Gasteiger partial charge < -0.3 is 4.90 Å². The van der Waals surface area contributed by atoms with Crippen molar-refractivity contribution in [3.8, 4) is 0 Å². The molecule has 1 saturated carbocycles. The molecule has 1 aliphatic rings. The minimum Gasteiger partial charge on any atom is -0.309 e. The van der Waals surface area contributed by atoms with Crippen molar-refractivity contribution in [2.45, 2.75) is 59.8 Å². The van der Waals surface area contributed by atoms with Crippen LogP contribution in [0.5, 0.6) is 0 Å². The highest BCUT2D eigenvalue weighted by Crippen LogP contribution is 2.50. The lowest BCUT2D eigenvalue weighted by molar-refractivity contribution is 0.0161. The summed E-state index contributed by atoms with van der Waals surface area (Å²) in [6, 6.07) is 0. The van der Waals surface area contributed by atoms with E-state index >= 15 is 0 Å². The first-order chi connectivity index (χ1) is 7.12. The molecule has 0 spiro atoms. The number of rotatable bonds is 5. The van der Waals surface area contributed by atoms with E-state index < -0.39 is 0 Å². The molecule has 1 rings (SSSR count). The van der Waals surface area contributed by atoms with Gasteiger partial charge in [-0.3, -0.25) is 0 Å². The van der Waals surface area contributed by atoms with Crippen molar-refractivity contribution in [1.29, 1.82) is 0 Å². The molecule has 0 unspecified atom stereocenters. The third kappa shape index (κ3) is 4.55. The van der Waals surface area contributed by atoms with Gasteiger partial charge in [0.15, 0.2) is 0 Å². The Morgan fingerprint density at radius 3 is 2.00 bits per heavy atom. The van der Waals surface area contributed by atoms with Crippen molar-refractivity contribution in [2.75, 3.05) is 20.6 Å². The third-order valence-electron chi connectivity index (χ3n) is 3.45. The monoisotopic (exact) mass is 213 g/mol. The van der Waals surface area contributed by atoms with Crippen LogP contribution in [0.1, 0.15) is 59.8 Å². The third-order valence-corrected chi connectivity index (χ3v) is 3.45. The molecule has 1 aliphatic carbocycles. The Bertz CT molecular complexity index is 145. The molecule has 0 bridgehead atoms. The molecule has 92 valence electrons. The largest absolute Gasteiger partial charge is 0.309 e. The summed E-state index contributed by atoms with van der Waals surface area (Å²) in [5, 5.41) is 0. The zero-order valence-corrected chi connectivity index (χ0v) is 11.8. The van der Waals surface area contributed by atoms with Crippen molar-refractivity contribution in [3.05, 3.63) is 0 Å².